The first-order valence-corrected chi connectivity index (χ1v) is 5.52. The fourth-order valence-electron chi connectivity index (χ4n) is 2.43. The van der Waals surface area contributed by atoms with Gasteiger partial charge in [-0.05, 0) is 67.8 Å². The predicted octanol–water partition coefficient (Wildman–Crippen LogP) is 2.68. The maximum absolute atomic E-state index is 5.81. The van der Waals surface area contributed by atoms with E-state index in [2.05, 4.69) is 26.0 Å². The second-order valence-electron chi connectivity index (χ2n) is 4.46. The summed E-state index contributed by atoms with van der Waals surface area (Å²) in [6, 6.07) is 4.70. The van der Waals surface area contributed by atoms with Crippen LogP contribution >= 0.6 is 0 Å². The highest BCUT2D eigenvalue weighted by molar-refractivity contribution is 5.40. The molecule has 0 amide bonds. The fraction of sp³-hybridized carbons (Fsp3) is 0.538. The lowest BCUT2D eigenvalue weighted by Crippen LogP contribution is -2.18. The molecule has 2 rings (SSSR count). The van der Waals surface area contributed by atoms with E-state index < -0.39 is 0 Å². The smallest absolute Gasteiger partial charge is 0.000813 e. The Morgan fingerprint density at radius 2 is 2.00 bits per heavy atom. The number of hydrogen-bond donors (Lipinski definition) is 1. The molecule has 14 heavy (non-hydrogen) atoms. The zero-order chi connectivity index (χ0) is 10.1. The van der Waals surface area contributed by atoms with Crippen LogP contribution in [-0.2, 0) is 6.42 Å². The van der Waals surface area contributed by atoms with Gasteiger partial charge in [0.15, 0.2) is 0 Å². The largest absolute Gasteiger partial charge is 0.330 e. The van der Waals surface area contributed by atoms with Crippen LogP contribution in [0.2, 0.25) is 0 Å². The van der Waals surface area contributed by atoms with E-state index in [1.54, 1.807) is 0 Å². The van der Waals surface area contributed by atoms with Gasteiger partial charge in [-0.2, -0.15) is 0 Å². The molecule has 1 aliphatic carbocycles. The van der Waals surface area contributed by atoms with E-state index in [9.17, 15) is 0 Å². The lowest BCUT2D eigenvalue weighted by Gasteiger charge is -2.25. The molecule has 0 bridgehead atoms. The third-order valence-electron chi connectivity index (χ3n) is 3.48. The van der Waals surface area contributed by atoms with Gasteiger partial charge in [0.05, 0.1) is 0 Å². The summed E-state index contributed by atoms with van der Waals surface area (Å²) in [5.41, 5.74) is 11.7. The Hall–Kier alpha value is -0.820. The molecule has 0 spiro atoms. The summed E-state index contributed by atoms with van der Waals surface area (Å²) in [6.07, 6.45) is 3.82. The maximum atomic E-state index is 5.81. The minimum absolute atomic E-state index is 0.609. The third-order valence-corrected chi connectivity index (χ3v) is 3.48. The zero-order valence-electron chi connectivity index (χ0n) is 9.14. The highest BCUT2D eigenvalue weighted by Gasteiger charge is 2.19. The SMILES string of the molecule is Cc1cc2c(cc1C)C(CN)CCC2. The van der Waals surface area contributed by atoms with Gasteiger partial charge in [-0.1, -0.05) is 12.1 Å². The quantitative estimate of drug-likeness (QED) is 0.722. The van der Waals surface area contributed by atoms with Gasteiger partial charge in [0.1, 0.15) is 0 Å². The van der Waals surface area contributed by atoms with Crippen LogP contribution in [0.4, 0.5) is 0 Å². The van der Waals surface area contributed by atoms with E-state index in [1.807, 2.05) is 0 Å². The summed E-state index contributed by atoms with van der Waals surface area (Å²) in [6.45, 7) is 5.19. The number of fused-ring (bicyclic) bond motifs is 1. The van der Waals surface area contributed by atoms with E-state index in [-0.39, 0.29) is 0 Å². The molecule has 0 fully saturated rings. The lowest BCUT2D eigenvalue weighted by molar-refractivity contribution is 0.560. The van der Waals surface area contributed by atoms with E-state index in [0.717, 1.165) is 6.54 Å². The molecule has 0 aromatic heterocycles. The van der Waals surface area contributed by atoms with Crippen molar-refractivity contribution < 1.29 is 0 Å². The maximum Gasteiger partial charge on any atom is -0.000813 e. The van der Waals surface area contributed by atoms with Crippen LogP contribution in [0.25, 0.3) is 0 Å². The molecule has 0 heterocycles. The minimum atomic E-state index is 0.609. The molecule has 1 aromatic rings. The second-order valence-corrected chi connectivity index (χ2v) is 4.46. The van der Waals surface area contributed by atoms with Gasteiger partial charge in [0.25, 0.3) is 0 Å². The van der Waals surface area contributed by atoms with Gasteiger partial charge in [-0.3, -0.25) is 0 Å². The number of hydrogen-bond acceptors (Lipinski definition) is 1. The van der Waals surface area contributed by atoms with E-state index in [4.69, 9.17) is 5.73 Å². The van der Waals surface area contributed by atoms with Gasteiger partial charge in [0, 0.05) is 0 Å². The van der Waals surface area contributed by atoms with Crippen LogP contribution in [0.15, 0.2) is 12.1 Å². The standard InChI is InChI=1S/C13H19N/c1-9-6-11-4-3-5-12(8-14)13(11)7-10(9)2/h6-7,12H,3-5,8,14H2,1-2H3. The molecule has 1 aliphatic rings. The molecule has 1 heteroatoms. The molecular weight excluding hydrogens is 170 g/mol. The molecular formula is C13H19N. The van der Waals surface area contributed by atoms with Gasteiger partial charge >= 0.3 is 0 Å². The van der Waals surface area contributed by atoms with Crippen LogP contribution in [-0.4, -0.2) is 6.54 Å². The molecule has 0 saturated heterocycles. The van der Waals surface area contributed by atoms with Crippen molar-refractivity contribution in [1.82, 2.24) is 0 Å². The molecule has 0 radical (unpaired) electrons. The first kappa shape index (κ1) is 9.72. The highest BCUT2D eigenvalue weighted by atomic mass is 14.6. The first-order chi connectivity index (χ1) is 6.72. The summed E-state index contributed by atoms with van der Waals surface area (Å²) >= 11 is 0. The molecule has 0 aliphatic heterocycles. The molecule has 1 nitrogen and oxygen atoms in total. The average molecular weight is 189 g/mol. The minimum Gasteiger partial charge on any atom is -0.330 e. The molecule has 1 atom stereocenters. The molecule has 2 N–H and O–H groups in total. The Bertz CT molecular complexity index is 341. The van der Waals surface area contributed by atoms with Crippen LogP contribution < -0.4 is 5.73 Å². The monoisotopic (exact) mass is 189 g/mol. The Balaban J connectivity index is 2.47. The molecule has 0 saturated carbocycles. The Morgan fingerprint density at radius 3 is 2.71 bits per heavy atom. The third kappa shape index (κ3) is 1.57. The van der Waals surface area contributed by atoms with Crippen molar-refractivity contribution in [2.75, 3.05) is 6.54 Å². The van der Waals surface area contributed by atoms with Crippen LogP contribution in [0.1, 0.15) is 41.0 Å². The predicted molar refractivity (Wildman–Crippen MR) is 60.6 cm³/mol. The summed E-state index contributed by atoms with van der Waals surface area (Å²) < 4.78 is 0. The summed E-state index contributed by atoms with van der Waals surface area (Å²) in [4.78, 5) is 0. The normalized spacial score (nSPS) is 20.6. The van der Waals surface area contributed by atoms with Crippen LogP contribution in [0.3, 0.4) is 0 Å². The van der Waals surface area contributed by atoms with Crippen molar-refractivity contribution in [3.8, 4) is 0 Å². The van der Waals surface area contributed by atoms with Gasteiger partial charge in [-0.15, -0.1) is 0 Å². The lowest BCUT2D eigenvalue weighted by atomic mass is 9.81. The Morgan fingerprint density at radius 1 is 1.29 bits per heavy atom. The number of aryl methyl sites for hydroxylation is 3. The van der Waals surface area contributed by atoms with Crippen molar-refractivity contribution in [1.29, 1.82) is 0 Å². The van der Waals surface area contributed by atoms with Gasteiger partial charge < -0.3 is 5.73 Å². The Labute approximate surface area is 86.3 Å². The van der Waals surface area contributed by atoms with Gasteiger partial charge in [-0.25, -0.2) is 0 Å². The topological polar surface area (TPSA) is 26.0 Å². The van der Waals surface area contributed by atoms with Crippen LogP contribution in [0.5, 0.6) is 0 Å². The van der Waals surface area contributed by atoms with Crippen LogP contribution in [0, 0.1) is 13.8 Å². The summed E-state index contributed by atoms with van der Waals surface area (Å²) in [7, 11) is 0. The van der Waals surface area contributed by atoms with E-state index in [0.29, 0.717) is 5.92 Å². The van der Waals surface area contributed by atoms with E-state index in [1.165, 1.54) is 41.5 Å². The molecule has 76 valence electrons. The van der Waals surface area contributed by atoms with Crippen molar-refractivity contribution in [2.45, 2.75) is 39.0 Å². The summed E-state index contributed by atoms with van der Waals surface area (Å²) in [5, 5.41) is 0. The average Bonchev–Trinajstić information content (AvgIpc) is 2.19. The van der Waals surface area contributed by atoms with Crippen molar-refractivity contribution in [3.63, 3.8) is 0 Å². The zero-order valence-corrected chi connectivity index (χ0v) is 9.14. The summed E-state index contributed by atoms with van der Waals surface area (Å²) in [5.74, 6) is 0.609. The fourth-order valence-corrected chi connectivity index (χ4v) is 2.43. The number of nitrogens with two attached hydrogens (primary N) is 1. The number of rotatable bonds is 1. The Kier molecular flexibility index (Phi) is 2.60. The van der Waals surface area contributed by atoms with Crippen molar-refractivity contribution in [2.24, 2.45) is 5.73 Å². The van der Waals surface area contributed by atoms with E-state index >= 15 is 0 Å². The molecule has 1 aromatic carbocycles. The second kappa shape index (κ2) is 3.74. The van der Waals surface area contributed by atoms with Gasteiger partial charge in [0.2, 0.25) is 0 Å². The van der Waals surface area contributed by atoms with Crippen molar-refractivity contribution >= 4 is 0 Å². The number of benzene rings is 1. The highest BCUT2D eigenvalue weighted by Crippen LogP contribution is 2.32. The first-order valence-electron chi connectivity index (χ1n) is 5.52. The van der Waals surface area contributed by atoms with Crippen molar-refractivity contribution in [3.05, 3.63) is 34.4 Å². The molecule has 1 unspecified atom stereocenters.